The van der Waals surface area contributed by atoms with Crippen molar-refractivity contribution in [3.8, 4) is 11.4 Å². The van der Waals surface area contributed by atoms with E-state index in [0.717, 1.165) is 16.5 Å². The molecule has 2 aromatic heterocycles. The molecular weight excluding hydrogens is 338 g/mol. The number of rotatable bonds is 8. The average Bonchev–Trinajstić information content (AvgIpc) is 3.00. The third kappa shape index (κ3) is 4.79. The molecule has 1 unspecified atom stereocenters. The first kappa shape index (κ1) is 19.4. The molecule has 0 aliphatic carbocycles. The van der Waals surface area contributed by atoms with Crippen molar-refractivity contribution in [1.29, 1.82) is 0 Å². The second-order valence-corrected chi connectivity index (χ2v) is 7.31. The highest BCUT2D eigenvalue weighted by atomic mass is 32.2. The van der Waals surface area contributed by atoms with Gasteiger partial charge >= 0.3 is 0 Å². The highest BCUT2D eigenvalue weighted by Gasteiger charge is 2.28. The summed E-state index contributed by atoms with van der Waals surface area (Å²) in [5, 5.41) is 9.18. The minimum atomic E-state index is -0.217. The lowest BCUT2D eigenvalue weighted by Crippen LogP contribution is -2.35. The molecule has 7 nitrogen and oxygen atoms in total. The maximum Gasteiger partial charge on any atom is 0.235 e. The number of hydrogen-bond acceptors (Lipinski definition) is 6. The Morgan fingerprint density at radius 2 is 1.96 bits per heavy atom. The van der Waals surface area contributed by atoms with Gasteiger partial charge in [0.05, 0.1) is 18.4 Å². The topological polar surface area (TPSA) is 73.1 Å². The molecule has 0 saturated carbocycles. The minimum absolute atomic E-state index is 0.0757. The van der Waals surface area contributed by atoms with Crippen LogP contribution in [0.3, 0.4) is 0 Å². The van der Waals surface area contributed by atoms with E-state index >= 15 is 0 Å². The van der Waals surface area contributed by atoms with Crippen molar-refractivity contribution in [3.05, 3.63) is 24.5 Å². The van der Waals surface area contributed by atoms with Gasteiger partial charge in [0.25, 0.3) is 0 Å². The van der Waals surface area contributed by atoms with E-state index in [2.05, 4.69) is 15.2 Å². The first-order valence-corrected chi connectivity index (χ1v) is 9.04. The Balaban J connectivity index is 2.36. The van der Waals surface area contributed by atoms with E-state index in [1.165, 1.54) is 11.8 Å². The number of ether oxygens (including phenoxy) is 1. The Morgan fingerprint density at radius 3 is 2.52 bits per heavy atom. The van der Waals surface area contributed by atoms with E-state index in [1.807, 2.05) is 30.5 Å². The zero-order valence-electron chi connectivity index (χ0n) is 15.3. The van der Waals surface area contributed by atoms with Gasteiger partial charge in [0.15, 0.2) is 11.0 Å². The zero-order chi connectivity index (χ0) is 18.4. The molecule has 1 amide bonds. The molecule has 25 heavy (non-hydrogen) atoms. The third-order valence-corrected chi connectivity index (χ3v) is 5.21. The number of aromatic nitrogens is 4. The van der Waals surface area contributed by atoms with E-state index in [1.54, 1.807) is 38.5 Å². The minimum Gasteiger partial charge on any atom is -0.383 e. The van der Waals surface area contributed by atoms with Gasteiger partial charge in [-0.3, -0.25) is 14.3 Å². The Kier molecular flexibility index (Phi) is 6.95. The molecule has 0 radical (unpaired) electrons. The van der Waals surface area contributed by atoms with Crippen LogP contribution in [0.5, 0.6) is 0 Å². The highest BCUT2D eigenvalue weighted by Crippen LogP contribution is 2.30. The van der Waals surface area contributed by atoms with Gasteiger partial charge < -0.3 is 9.64 Å². The molecule has 0 fully saturated rings. The molecule has 0 aliphatic rings. The summed E-state index contributed by atoms with van der Waals surface area (Å²) in [5.74, 6) is 1.00. The first-order chi connectivity index (χ1) is 12.0. The van der Waals surface area contributed by atoms with Crippen LogP contribution >= 0.6 is 11.8 Å². The molecule has 0 saturated heterocycles. The van der Waals surface area contributed by atoms with E-state index < -0.39 is 0 Å². The van der Waals surface area contributed by atoms with Crippen LogP contribution < -0.4 is 0 Å². The predicted octanol–water partition coefficient (Wildman–Crippen LogP) is 2.19. The quantitative estimate of drug-likeness (QED) is 0.670. The number of amides is 1. The molecular formula is C17H25N5O2S. The maximum absolute atomic E-state index is 12.5. The van der Waals surface area contributed by atoms with Crippen LogP contribution in [0.1, 0.15) is 13.8 Å². The fraction of sp³-hybridized carbons (Fsp3) is 0.529. The van der Waals surface area contributed by atoms with Crippen molar-refractivity contribution in [2.24, 2.45) is 5.92 Å². The van der Waals surface area contributed by atoms with E-state index in [4.69, 9.17) is 4.74 Å². The third-order valence-electron chi connectivity index (χ3n) is 3.70. The Bertz CT molecular complexity index is 688. The van der Waals surface area contributed by atoms with Gasteiger partial charge in [-0.25, -0.2) is 0 Å². The van der Waals surface area contributed by atoms with E-state index in [9.17, 15) is 4.79 Å². The molecule has 2 aromatic rings. The first-order valence-electron chi connectivity index (χ1n) is 8.16. The smallest absolute Gasteiger partial charge is 0.235 e. The van der Waals surface area contributed by atoms with Gasteiger partial charge in [-0.05, 0) is 18.1 Å². The fourth-order valence-corrected chi connectivity index (χ4v) is 3.52. The van der Waals surface area contributed by atoms with Crippen molar-refractivity contribution < 1.29 is 9.53 Å². The number of carbonyl (C=O) groups is 1. The maximum atomic E-state index is 12.5. The predicted molar refractivity (Wildman–Crippen MR) is 98.3 cm³/mol. The van der Waals surface area contributed by atoms with Gasteiger partial charge in [0, 0.05) is 39.2 Å². The lowest BCUT2D eigenvalue weighted by molar-refractivity contribution is -0.128. The molecule has 8 heteroatoms. The summed E-state index contributed by atoms with van der Waals surface area (Å²) < 4.78 is 7.23. The summed E-state index contributed by atoms with van der Waals surface area (Å²) >= 11 is 1.45. The van der Waals surface area contributed by atoms with Crippen LogP contribution in [-0.2, 0) is 16.1 Å². The summed E-state index contributed by atoms with van der Waals surface area (Å²) in [6.45, 7) is 5.24. The van der Waals surface area contributed by atoms with Crippen LogP contribution in [0.15, 0.2) is 29.7 Å². The van der Waals surface area contributed by atoms with Crippen molar-refractivity contribution in [3.63, 3.8) is 0 Å². The van der Waals surface area contributed by atoms with Crippen LogP contribution in [0.25, 0.3) is 11.4 Å². The number of carbonyl (C=O) groups excluding carboxylic acids is 1. The largest absolute Gasteiger partial charge is 0.383 e. The van der Waals surface area contributed by atoms with Crippen LogP contribution in [0, 0.1) is 5.92 Å². The SMILES string of the molecule is COCCn1c(SC(C(=O)N(C)C)C(C)C)nnc1-c1ccncc1. The summed E-state index contributed by atoms with van der Waals surface area (Å²) in [6, 6.07) is 3.79. The second kappa shape index (κ2) is 8.96. The molecule has 2 heterocycles. The van der Waals surface area contributed by atoms with Crippen molar-refractivity contribution in [2.75, 3.05) is 27.8 Å². The second-order valence-electron chi connectivity index (χ2n) is 6.20. The summed E-state index contributed by atoms with van der Waals surface area (Å²) in [4.78, 5) is 18.2. The van der Waals surface area contributed by atoms with Gasteiger partial charge in [0.2, 0.25) is 5.91 Å². The molecule has 0 bridgehead atoms. The van der Waals surface area contributed by atoms with Crippen molar-refractivity contribution >= 4 is 17.7 Å². The summed E-state index contributed by atoms with van der Waals surface area (Å²) in [5.41, 5.74) is 0.936. The Labute approximate surface area is 152 Å². The normalized spacial score (nSPS) is 12.4. The monoisotopic (exact) mass is 363 g/mol. The fourth-order valence-electron chi connectivity index (χ4n) is 2.31. The molecule has 1 atom stereocenters. The number of methoxy groups -OCH3 is 1. The summed E-state index contributed by atoms with van der Waals surface area (Å²) in [7, 11) is 5.21. The van der Waals surface area contributed by atoms with Crippen LogP contribution in [-0.4, -0.2) is 63.6 Å². The van der Waals surface area contributed by atoms with Crippen molar-refractivity contribution in [2.45, 2.75) is 30.8 Å². The molecule has 0 aliphatic heterocycles. The average molecular weight is 363 g/mol. The van der Waals surface area contributed by atoms with Crippen molar-refractivity contribution in [1.82, 2.24) is 24.6 Å². The Morgan fingerprint density at radius 1 is 1.28 bits per heavy atom. The molecule has 0 N–H and O–H groups in total. The zero-order valence-corrected chi connectivity index (χ0v) is 16.2. The molecule has 136 valence electrons. The van der Waals surface area contributed by atoms with Gasteiger partial charge in [-0.15, -0.1) is 10.2 Å². The van der Waals surface area contributed by atoms with Gasteiger partial charge in [-0.2, -0.15) is 0 Å². The number of pyridine rings is 1. The molecule has 0 spiro atoms. The van der Waals surface area contributed by atoms with Crippen LogP contribution in [0.4, 0.5) is 0 Å². The van der Waals surface area contributed by atoms with E-state index in [0.29, 0.717) is 13.2 Å². The highest BCUT2D eigenvalue weighted by molar-refractivity contribution is 8.00. The lowest BCUT2D eigenvalue weighted by atomic mass is 10.1. The van der Waals surface area contributed by atoms with Crippen LogP contribution in [0.2, 0.25) is 0 Å². The Hall–Kier alpha value is -1.93. The van der Waals surface area contributed by atoms with Gasteiger partial charge in [-0.1, -0.05) is 25.6 Å². The lowest BCUT2D eigenvalue weighted by Gasteiger charge is -2.23. The standard InChI is InChI=1S/C17H25N5O2S/c1-12(2)14(16(23)21(3)4)25-17-20-19-15(22(17)10-11-24-5)13-6-8-18-9-7-13/h6-9,12,14H,10-11H2,1-5H3. The van der Waals surface area contributed by atoms with Gasteiger partial charge in [0.1, 0.15) is 0 Å². The number of hydrogen-bond donors (Lipinski definition) is 0. The summed E-state index contributed by atoms with van der Waals surface area (Å²) in [6.07, 6.45) is 3.45. The molecule has 2 rings (SSSR count). The molecule has 0 aromatic carbocycles. The number of nitrogens with zero attached hydrogens (tertiary/aromatic N) is 5. The number of thioether (sulfide) groups is 1. The van der Waals surface area contributed by atoms with E-state index in [-0.39, 0.29) is 17.1 Å².